The molecule has 7 atom stereocenters. The zero-order chi connectivity index (χ0) is 60.4. The molecule has 12 nitrogen and oxygen atoms in total. The molecule has 1 fully saturated rings. The van der Waals surface area contributed by atoms with Gasteiger partial charge in [0.1, 0.15) is 24.4 Å². The smallest absolute Gasteiger partial charge is 0.394 e. The second kappa shape index (κ2) is 59.8. The van der Waals surface area contributed by atoms with Crippen molar-refractivity contribution in [3.8, 4) is 0 Å². The lowest BCUT2D eigenvalue weighted by Crippen LogP contribution is -2.61. The van der Waals surface area contributed by atoms with E-state index in [-0.39, 0.29) is 12.5 Å². The zero-order valence-corrected chi connectivity index (χ0v) is 55.1. The van der Waals surface area contributed by atoms with Crippen molar-refractivity contribution in [3.05, 3.63) is 12.2 Å². The maximum Gasteiger partial charge on any atom is 0.397 e. The Bertz CT molecular complexity index is 1500. The number of nitrogens with one attached hydrogen (secondary N) is 1. The summed E-state index contributed by atoms with van der Waals surface area (Å²) in [6, 6.07) is -0.857. The highest BCUT2D eigenvalue weighted by atomic mass is 32.3. The van der Waals surface area contributed by atoms with Crippen LogP contribution in [0, 0.1) is 0 Å². The predicted octanol–water partition coefficient (Wildman–Crippen LogP) is 18.9. The van der Waals surface area contributed by atoms with Crippen molar-refractivity contribution in [1.29, 1.82) is 0 Å². The molecule has 0 aromatic rings. The summed E-state index contributed by atoms with van der Waals surface area (Å²) in [4.78, 5) is 13.2. The summed E-state index contributed by atoms with van der Waals surface area (Å²) >= 11 is 0. The van der Waals surface area contributed by atoms with E-state index in [4.69, 9.17) is 9.47 Å². The number of hydrogen-bond donors (Lipinski definition) is 6. The molecule has 13 heteroatoms. The van der Waals surface area contributed by atoms with E-state index in [0.29, 0.717) is 12.8 Å². The fourth-order valence-corrected chi connectivity index (χ4v) is 12.6. The van der Waals surface area contributed by atoms with Crippen molar-refractivity contribution in [1.82, 2.24) is 5.32 Å². The van der Waals surface area contributed by atoms with Crippen molar-refractivity contribution in [2.45, 2.75) is 416 Å². The van der Waals surface area contributed by atoms with E-state index in [1.165, 1.54) is 295 Å². The van der Waals surface area contributed by atoms with Gasteiger partial charge in [-0.15, -0.1) is 0 Å². The largest absolute Gasteiger partial charge is 0.397 e. The molecular formula is C70H137NO11S. The number of hydrogen-bond acceptors (Lipinski definition) is 10. The van der Waals surface area contributed by atoms with Crippen LogP contribution in [0.5, 0.6) is 0 Å². The number of rotatable bonds is 65. The van der Waals surface area contributed by atoms with Crippen LogP contribution in [0.3, 0.4) is 0 Å². The molecule has 0 spiro atoms. The summed E-state index contributed by atoms with van der Waals surface area (Å²) in [6.07, 6.45) is 66.9. The van der Waals surface area contributed by atoms with E-state index in [1.54, 1.807) is 0 Å². The van der Waals surface area contributed by atoms with Crippen LogP contribution in [-0.4, -0.2) is 95.4 Å². The van der Waals surface area contributed by atoms with Gasteiger partial charge in [0.05, 0.1) is 25.4 Å². The van der Waals surface area contributed by atoms with Gasteiger partial charge >= 0.3 is 10.4 Å². The maximum atomic E-state index is 13.2. The second-order valence-electron chi connectivity index (χ2n) is 25.5. The number of amides is 1. The monoisotopic (exact) mass is 1200 g/mol. The molecule has 83 heavy (non-hydrogen) atoms. The number of carbonyl (C=O) groups excluding carboxylic acids is 1. The zero-order valence-electron chi connectivity index (χ0n) is 54.3. The van der Waals surface area contributed by atoms with Gasteiger partial charge in [-0.2, -0.15) is 8.42 Å². The van der Waals surface area contributed by atoms with Crippen LogP contribution in [0.1, 0.15) is 373 Å². The molecule has 1 rings (SSSR count). The second-order valence-corrected chi connectivity index (χ2v) is 26.6. The first-order valence-corrected chi connectivity index (χ1v) is 37.4. The normalized spacial score (nSPS) is 18.4. The third kappa shape index (κ3) is 51.4. The van der Waals surface area contributed by atoms with Crippen molar-refractivity contribution >= 4 is 16.3 Å². The van der Waals surface area contributed by atoms with Crippen molar-refractivity contribution in [2.24, 2.45) is 0 Å². The number of carbonyl (C=O) groups is 1. The van der Waals surface area contributed by atoms with Gasteiger partial charge in [0.2, 0.25) is 5.91 Å². The van der Waals surface area contributed by atoms with Gasteiger partial charge in [-0.3, -0.25) is 9.35 Å². The SMILES string of the molecule is CCCCCCCCCCCCCCCC/C=C\CCCCCCCCCCCCCCCCCCCC(=O)NC(COC1OC(CO)C(O)C(OS(=O)(=O)O)C1O)C(O)CCCCCCCCCCCCCCCCCCCCCCC. The summed E-state index contributed by atoms with van der Waals surface area (Å²) in [5.41, 5.74) is 0. The molecule has 0 radical (unpaired) electrons. The highest BCUT2D eigenvalue weighted by molar-refractivity contribution is 7.80. The Labute approximate surface area is 512 Å². The molecule has 0 aliphatic carbocycles. The summed E-state index contributed by atoms with van der Waals surface area (Å²) < 4.78 is 48.1. The standard InChI is InChI=1S/C70H137NO11S/c1-3-5-7-9-11-13-15-17-19-21-23-25-26-27-28-29-30-31-32-33-34-35-36-37-38-40-42-44-46-48-50-52-54-56-58-60-66(74)71-63(62-80-70-68(76)69(82-83(77,78)79)67(75)65(61-72)81-70)64(73)59-57-55-53-51-49-47-45-43-41-39-24-22-20-18-16-14-12-10-8-6-4-2/h29-30,63-65,67-70,72-73,75-76H,3-28,31-62H2,1-2H3,(H,71,74)(H,77,78,79)/b30-29-. The van der Waals surface area contributed by atoms with Gasteiger partial charge in [0, 0.05) is 6.42 Å². The van der Waals surface area contributed by atoms with Crippen molar-refractivity contribution < 1.29 is 51.8 Å². The molecule has 6 N–H and O–H groups in total. The number of aliphatic hydroxyl groups excluding tert-OH is 4. The van der Waals surface area contributed by atoms with Crippen LogP contribution in [0.25, 0.3) is 0 Å². The Morgan fingerprint density at radius 2 is 0.771 bits per heavy atom. The van der Waals surface area contributed by atoms with Crippen LogP contribution in [0.2, 0.25) is 0 Å². The number of aliphatic hydroxyl groups is 4. The maximum absolute atomic E-state index is 13.2. The highest BCUT2D eigenvalue weighted by Crippen LogP contribution is 2.27. The van der Waals surface area contributed by atoms with Crippen LogP contribution < -0.4 is 5.32 Å². The number of ether oxygens (including phenoxy) is 2. The molecule has 1 aliphatic rings. The average Bonchev–Trinajstić information content (AvgIpc) is 3.59. The van der Waals surface area contributed by atoms with E-state index in [0.717, 1.165) is 51.4 Å². The van der Waals surface area contributed by atoms with Crippen molar-refractivity contribution in [3.63, 3.8) is 0 Å². The van der Waals surface area contributed by atoms with Crippen molar-refractivity contribution in [2.75, 3.05) is 13.2 Å². The molecule has 7 unspecified atom stereocenters. The van der Waals surface area contributed by atoms with Crippen LogP contribution in [0.4, 0.5) is 0 Å². The van der Waals surface area contributed by atoms with E-state index < -0.39 is 59.9 Å². The minimum atomic E-state index is -5.08. The molecule has 0 bridgehead atoms. The first-order chi connectivity index (χ1) is 40.5. The Morgan fingerprint density at radius 3 is 1.08 bits per heavy atom. The van der Waals surface area contributed by atoms with Gasteiger partial charge in [-0.1, -0.05) is 341 Å². The highest BCUT2D eigenvalue weighted by Gasteiger charge is 2.48. The minimum Gasteiger partial charge on any atom is -0.394 e. The molecule has 1 saturated heterocycles. The van der Waals surface area contributed by atoms with E-state index >= 15 is 0 Å². The summed E-state index contributed by atoms with van der Waals surface area (Å²) in [6.45, 7) is 3.53. The molecular weight excluding hydrogens is 1060 g/mol. The minimum absolute atomic E-state index is 0.221. The Balaban J connectivity index is 2.18. The average molecular weight is 1200 g/mol. The summed E-state index contributed by atoms with van der Waals surface area (Å²) in [5, 5.41) is 45.3. The van der Waals surface area contributed by atoms with E-state index in [9.17, 15) is 38.2 Å². The Morgan fingerprint density at radius 1 is 0.470 bits per heavy atom. The van der Waals surface area contributed by atoms with Gasteiger partial charge in [0.25, 0.3) is 0 Å². The third-order valence-electron chi connectivity index (χ3n) is 17.6. The van der Waals surface area contributed by atoms with Gasteiger partial charge in [-0.05, 0) is 38.5 Å². The summed E-state index contributed by atoms with van der Waals surface area (Å²) in [5.74, 6) is -0.221. The molecule has 1 heterocycles. The molecule has 0 aromatic carbocycles. The molecule has 0 saturated carbocycles. The molecule has 0 aromatic heterocycles. The van der Waals surface area contributed by atoms with Gasteiger partial charge < -0.3 is 35.2 Å². The third-order valence-corrected chi connectivity index (χ3v) is 18.0. The molecule has 1 aliphatic heterocycles. The quantitative estimate of drug-likeness (QED) is 0.0193. The van der Waals surface area contributed by atoms with Crippen LogP contribution >= 0.6 is 0 Å². The van der Waals surface area contributed by atoms with Crippen LogP contribution in [0.15, 0.2) is 12.2 Å². The van der Waals surface area contributed by atoms with Crippen LogP contribution in [-0.2, 0) is 28.9 Å². The van der Waals surface area contributed by atoms with E-state index in [2.05, 4.69) is 35.5 Å². The lowest BCUT2D eigenvalue weighted by molar-refractivity contribution is -0.298. The molecule has 1 amide bonds. The fourth-order valence-electron chi connectivity index (χ4n) is 12.0. The number of allylic oxidation sites excluding steroid dienone is 2. The topological polar surface area (TPSA) is 192 Å². The molecule has 494 valence electrons. The Hall–Kier alpha value is -1.16. The first kappa shape index (κ1) is 79.9. The van der Waals surface area contributed by atoms with Gasteiger partial charge in [0.15, 0.2) is 6.29 Å². The lowest BCUT2D eigenvalue weighted by atomic mass is 9.99. The summed E-state index contributed by atoms with van der Waals surface area (Å²) in [7, 11) is -5.08. The van der Waals surface area contributed by atoms with Gasteiger partial charge in [-0.25, -0.2) is 4.18 Å². The van der Waals surface area contributed by atoms with E-state index in [1.807, 2.05) is 0 Å². The predicted molar refractivity (Wildman–Crippen MR) is 347 cm³/mol. The fraction of sp³-hybridized carbons (Fsp3) is 0.957. The lowest BCUT2D eigenvalue weighted by Gasteiger charge is -2.41. The number of unbranched alkanes of at least 4 members (excludes halogenated alkanes) is 51. The first-order valence-electron chi connectivity index (χ1n) is 36.1. The Kier molecular flexibility index (Phi) is 57.5.